The lowest BCUT2D eigenvalue weighted by atomic mass is 10.1. The highest BCUT2D eigenvalue weighted by molar-refractivity contribution is 5.82. The molecule has 0 aliphatic carbocycles. The van der Waals surface area contributed by atoms with Crippen molar-refractivity contribution in [3.63, 3.8) is 0 Å². The molecule has 1 amide bonds. The molecule has 2 aromatic rings. The van der Waals surface area contributed by atoms with Crippen LogP contribution in [-0.4, -0.2) is 46.7 Å². The van der Waals surface area contributed by atoms with Crippen molar-refractivity contribution in [1.82, 2.24) is 14.5 Å². The number of imidazole rings is 1. The van der Waals surface area contributed by atoms with Gasteiger partial charge in [0.1, 0.15) is 5.82 Å². The Morgan fingerprint density at radius 3 is 2.73 bits per heavy atom. The molecular weight excluding hydrogens is 278 g/mol. The lowest BCUT2D eigenvalue weighted by Crippen LogP contribution is -2.41. The molecule has 1 fully saturated rings. The number of benzene rings is 1. The smallest absolute Gasteiger partial charge is 0.227 e. The Labute approximate surface area is 130 Å². The van der Waals surface area contributed by atoms with Gasteiger partial charge in [-0.3, -0.25) is 4.79 Å². The SMILES string of the molecule is Cc1nc2cc(CC(=O)N3CCOCC3)ccc2n1C(C)C. The van der Waals surface area contributed by atoms with Crippen molar-refractivity contribution in [2.24, 2.45) is 0 Å². The second kappa shape index (κ2) is 6.08. The van der Waals surface area contributed by atoms with E-state index in [-0.39, 0.29) is 5.91 Å². The van der Waals surface area contributed by atoms with Crippen molar-refractivity contribution in [2.75, 3.05) is 26.3 Å². The first-order valence-corrected chi connectivity index (χ1v) is 7.89. The van der Waals surface area contributed by atoms with E-state index in [1.165, 1.54) is 0 Å². The molecule has 0 radical (unpaired) electrons. The van der Waals surface area contributed by atoms with Crippen LogP contribution in [0.4, 0.5) is 0 Å². The zero-order valence-electron chi connectivity index (χ0n) is 13.5. The molecule has 0 spiro atoms. The zero-order chi connectivity index (χ0) is 15.7. The summed E-state index contributed by atoms with van der Waals surface area (Å²) in [6, 6.07) is 6.54. The molecule has 0 atom stereocenters. The van der Waals surface area contributed by atoms with Gasteiger partial charge in [0, 0.05) is 19.1 Å². The fourth-order valence-corrected chi connectivity index (χ4v) is 3.13. The number of aryl methyl sites for hydroxylation is 1. The number of morpholine rings is 1. The summed E-state index contributed by atoms with van der Waals surface area (Å²) >= 11 is 0. The number of hydrogen-bond donors (Lipinski definition) is 0. The maximum Gasteiger partial charge on any atom is 0.227 e. The fourth-order valence-electron chi connectivity index (χ4n) is 3.13. The highest BCUT2D eigenvalue weighted by atomic mass is 16.5. The highest BCUT2D eigenvalue weighted by Gasteiger charge is 2.18. The van der Waals surface area contributed by atoms with Crippen molar-refractivity contribution >= 4 is 16.9 Å². The van der Waals surface area contributed by atoms with E-state index < -0.39 is 0 Å². The first-order valence-electron chi connectivity index (χ1n) is 7.89. The molecule has 0 bridgehead atoms. The summed E-state index contributed by atoms with van der Waals surface area (Å²) in [5, 5.41) is 0. The lowest BCUT2D eigenvalue weighted by Gasteiger charge is -2.26. The number of rotatable bonds is 3. The molecule has 118 valence electrons. The molecule has 1 saturated heterocycles. The van der Waals surface area contributed by atoms with E-state index in [0.717, 1.165) is 22.4 Å². The van der Waals surface area contributed by atoms with E-state index in [0.29, 0.717) is 38.8 Å². The maximum absolute atomic E-state index is 12.3. The van der Waals surface area contributed by atoms with Gasteiger partial charge in [0.2, 0.25) is 5.91 Å². The van der Waals surface area contributed by atoms with E-state index in [9.17, 15) is 4.79 Å². The zero-order valence-corrected chi connectivity index (χ0v) is 13.5. The summed E-state index contributed by atoms with van der Waals surface area (Å²) in [5.41, 5.74) is 3.13. The van der Waals surface area contributed by atoms with Crippen molar-refractivity contribution in [1.29, 1.82) is 0 Å². The average molecular weight is 301 g/mol. The highest BCUT2D eigenvalue weighted by Crippen LogP contribution is 2.22. The third kappa shape index (κ3) is 2.86. The number of carbonyl (C=O) groups excluding carboxylic acids is 1. The summed E-state index contributed by atoms with van der Waals surface area (Å²) in [6.07, 6.45) is 0.434. The van der Waals surface area contributed by atoms with Crippen LogP contribution in [0.5, 0.6) is 0 Å². The molecule has 1 aromatic heterocycles. The van der Waals surface area contributed by atoms with Gasteiger partial charge in [-0.1, -0.05) is 6.07 Å². The molecular formula is C17H23N3O2. The molecule has 0 unspecified atom stereocenters. The third-order valence-corrected chi connectivity index (χ3v) is 4.17. The van der Waals surface area contributed by atoms with Gasteiger partial charge in [-0.2, -0.15) is 0 Å². The van der Waals surface area contributed by atoms with Crippen LogP contribution in [0.1, 0.15) is 31.3 Å². The van der Waals surface area contributed by atoms with E-state index in [2.05, 4.69) is 29.5 Å². The van der Waals surface area contributed by atoms with Gasteiger partial charge >= 0.3 is 0 Å². The summed E-state index contributed by atoms with van der Waals surface area (Å²) in [7, 11) is 0. The Bertz CT molecular complexity index is 685. The van der Waals surface area contributed by atoms with Crippen LogP contribution < -0.4 is 0 Å². The molecule has 1 aliphatic rings. The van der Waals surface area contributed by atoms with Crippen LogP contribution in [0.15, 0.2) is 18.2 Å². The van der Waals surface area contributed by atoms with Crippen molar-refractivity contribution in [3.05, 3.63) is 29.6 Å². The van der Waals surface area contributed by atoms with E-state index in [1.807, 2.05) is 24.0 Å². The summed E-state index contributed by atoms with van der Waals surface area (Å²) in [5.74, 6) is 1.18. The Morgan fingerprint density at radius 1 is 1.32 bits per heavy atom. The van der Waals surface area contributed by atoms with E-state index in [1.54, 1.807) is 0 Å². The predicted molar refractivity (Wildman–Crippen MR) is 86.0 cm³/mol. The summed E-state index contributed by atoms with van der Waals surface area (Å²) in [6.45, 7) is 9.02. The third-order valence-electron chi connectivity index (χ3n) is 4.17. The molecule has 2 heterocycles. The van der Waals surface area contributed by atoms with Crippen molar-refractivity contribution in [3.8, 4) is 0 Å². The van der Waals surface area contributed by atoms with Crippen LogP contribution in [0.25, 0.3) is 11.0 Å². The van der Waals surface area contributed by atoms with Crippen LogP contribution >= 0.6 is 0 Å². The van der Waals surface area contributed by atoms with Gasteiger partial charge in [-0.25, -0.2) is 4.98 Å². The molecule has 1 aromatic carbocycles. The summed E-state index contributed by atoms with van der Waals surface area (Å²) < 4.78 is 7.51. The van der Waals surface area contributed by atoms with Crippen LogP contribution in [-0.2, 0) is 16.0 Å². The Hall–Kier alpha value is -1.88. The molecule has 0 saturated carbocycles. The first kappa shape index (κ1) is 15.0. The summed E-state index contributed by atoms with van der Waals surface area (Å²) in [4.78, 5) is 18.8. The topological polar surface area (TPSA) is 47.4 Å². The standard InChI is InChI=1S/C17H23N3O2/c1-12(2)20-13(3)18-15-10-14(4-5-16(15)20)11-17(21)19-6-8-22-9-7-19/h4-5,10,12H,6-9,11H2,1-3H3. The minimum atomic E-state index is 0.169. The van der Waals surface area contributed by atoms with Crippen molar-refractivity contribution < 1.29 is 9.53 Å². The predicted octanol–water partition coefficient (Wildman–Crippen LogP) is 2.33. The van der Waals surface area contributed by atoms with Crippen LogP contribution in [0.3, 0.4) is 0 Å². The number of hydrogen-bond acceptors (Lipinski definition) is 3. The fraction of sp³-hybridized carbons (Fsp3) is 0.529. The largest absolute Gasteiger partial charge is 0.378 e. The lowest BCUT2D eigenvalue weighted by molar-refractivity contribution is -0.134. The van der Waals surface area contributed by atoms with Gasteiger partial charge in [0.05, 0.1) is 30.7 Å². The Morgan fingerprint density at radius 2 is 2.05 bits per heavy atom. The second-order valence-electron chi connectivity index (χ2n) is 6.12. The Kier molecular flexibility index (Phi) is 4.16. The Balaban J connectivity index is 1.81. The van der Waals surface area contributed by atoms with Gasteiger partial charge in [-0.15, -0.1) is 0 Å². The van der Waals surface area contributed by atoms with Gasteiger partial charge in [-0.05, 0) is 38.5 Å². The van der Waals surface area contributed by atoms with Crippen LogP contribution in [0, 0.1) is 6.92 Å². The first-order chi connectivity index (χ1) is 10.6. The molecule has 22 heavy (non-hydrogen) atoms. The van der Waals surface area contributed by atoms with Crippen molar-refractivity contribution in [2.45, 2.75) is 33.2 Å². The minimum absolute atomic E-state index is 0.169. The van der Waals surface area contributed by atoms with E-state index in [4.69, 9.17) is 4.74 Å². The second-order valence-corrected chi connectivity index (χ2v) is 6.12. The number of carbonyl (C=O) groups is 1. The molecule has 5 heteroatoms. The molecule has 1 aliphatic heterocycles. The normalized spacial score (nSPS) is 15.7. The van der Waals surface area contributed by atoms with Gasteiger partial charge in [0.15, 0.2) is 0 Å². The monoisotopic (exact) mass is 301 g/mol. The van der Waals surface area contributed by atoms with Gasteiger partial charge in [0.25, 0.3) is 0 Å². The molecule has 3 rings (SSSR count). The van der Waals surface area contributed by atoms with Crippen LogP contribution in [0.2, 0.25) is 0 Å². The number of aromatic nitrogens is 2. The average Bonchev–Trinajstić information content (AvgIpc) is 2.83. The number of ether oxygens (including phenoxy) is 1. The molecule has 0 N–H and O–H groups in total. The van der Waals surface area contributed by atoms with Gasteiger partial charge < -0.3 is 14.2 Å². The quantitative estimate of drug-likeness (QED) is 0.874. The number of amides is 1. The molecule has 5 nitrogen and oxygen atoms in total. The number of fused-ring (bicyclic) bond motifs is 1. The van der Waals surface area contributed by atoms with E-state index >= 15 is 0 Å². The maximum atomic E-state index is 12.3. The minimum Gasteiger partial charge on any atom is -0.378 e. The number of nitrogens with zero attached hydrogens (tertiary/aromatic N) is 3.